The number of thioether (sulfide) groups is 1. The van der Waals surface area contributed by atoms with E-state index in [0.717, 1.165) is 17.9 Å². The van der Waals surface area contributed by atoms with Crippen LogP contribution in [-0.2, 0) is 0 Å². The fraction of sp³-hybridized carbons (Fsp3) is 0.385. The number of nitrogen functional groups attached to an aromatic ring is 1. The summed E-state index contributed by atoms with van der Waals surface area (Å²) >= 11 is 1.88. The molecule has 1 aromatic carbocycles. The minimum Gasteiger partial charge on any atom is -0.398 e. The van der Waals surface area contributed by atoms with E-state index in [0.29, 0.717) is 29.3 Å². The fourth-order valence-electron chi connectivity index (χ4n) is 2.51. The molecule has 18 heavy (non-hydrogen) atoms. The highest BCUT2D eigenvalue weighted by atomic mass is 32.2. The maximum Gasteiger partial charge on any atom is 0.263 e. The standard InChI is InChI=1S/C13H14N2O2S/c14-10-3-1-2-9-11(10)13(17)15(12(9)16)6-8-4-5-18-7-8/h1-3,8H,4-7,14H2. The summed E-state index contributed by atoms with van der Waals surface area (Å²) in [4.78, 5) is 25.8. The van der Waals surface area contributed by atoms with E-state index in [1.54, 1.807) is 18.2 Å². The Morgan fingerprint density at radius 1 is 1.33 bits per heavy atom. The minimum absolute atomic E-state index is 0.195. The predicted octanol–water partition coefficient (Wildman–Crippen LogP) is 1.62. The topological polar surface area (TPSA) is 63.4 Å². The zero-order chi connectivity index (χ0) is 12.7. The summed E-state index contributed by atoms with van der Waals surface area (Å²) in [6.45, 7) is 0.527. The molecule has 0 aromatic heterocycles. The van der Waals surface area contributed by atoms with E-state index in [9.17, 15) is 9.59 Å². The molecule has 4 nitrogen and oxygen atoms in total. The van der Waals surface area contributed by atoms with Gasteiger partial charge < -0.3 is 5.73 Å². The third-order valence-electron chi connectivity index (χ3n) is 3.50. The predicted molar refractivity (Wildman–Crippen MR) is 71.7 cm³/mol. The molecule has 1 fully saturated rings. The van der Waals surface area contributed by atoms with Crippen LogP contribution in [0.5, 0.6) is 0 Å². The summed E-state index contributed by atoms with van der Waals surface area (Å²) in [5, 5.41) is 0. The Balaban J connectivity index is 1.89. The van der Waals surface area contributed by atoms with Crippen LogP contribution in [0.15, 0.2) is 18.2 Å². The van der Waals surface area contributed by atoms with Gasteiger partial charge in [-0.05, 0) is 36.0 Å². The molecule has 0 saturated carbocycles. The summed E-state index contributed by atoms with van der Waals surface area (Å²) in [6.07, 6.45) is 1.08. The number of nitrogens with zero attached hydrogens (tertiary/aromatic N) is 1. The van der Waals surface area contributed by atoms with Crippen LogP contribution in [0.25, 0.3) is 0 Å². The van der Waals surface area contributed by atoms with E-state index < -0.39 is 0 Å². The van der Waals surface area contributed by atoms with Gasteiger partial charge in [0, 0.05) is 12.2 Å². The van der Waals surface area contributed by atoms with Gasteiger partial charge in [0.2, 0.25) is 0 Å². The number of imide groups is 1. The highest BCUT2D eigenvalue weighted by Gasteiger charge is 2.38. The summed E-state index contributed by atoms with van der Waals surface area (Å²) < 4.78 is 0. The Bertz CT molecular complexity index is 524. The van der Waals surface area contributed by atoms with Gasteiger partial charge in [0.1, 0.15) is 0 Å². The van der Waals surface area contributed by atoms with Crippen molar-refractivity contribution in [2.75, 3.05) is 23.8 Å². The minimum atomic E-state index is -0.231. The zero-order valence-corrected chi connectivity index (χ0v) is 10.7. The van der Waals surface area contributed by atoms with Crippen molar-refractivity contribution in [2.45, 2.75) is 6.42 Å². The van der Waals surface area contributed by atoms with Crippen molar-refractivity contribution in [3.8, 4) is 0 Å². The number of rotatable bonds is 2. The summed E-state index contributed by atoms with van der Waals surface area (Å²) in [5.74, 6) is 2.15. The number of amides is 2. The Labute approximate surface area is 110 Å². The van der Waals surface area contributed by atoms with E-state index in [4.69, 9.17) is 5.73 Å². The second-order valence-corrected chi connectivity index (χ2v) is 5.87. The SMILES string of the molecule is Nc1cccc2c1C(=O)N(CC1CCSC1)C2=O. The maximum atomic E-state index is 12.2. The third-order valence-corrected chi connectivity index (χ3v) is 4.73. The van der Waals surface area contributed by atoms with Crippen molar-refractivity contribution in [1.82, 2.24) is 4.90 Å². The van der Waals surface area contributed by atoms with Crippen LogP contribution < -0.4 is 5.73 Å². The lowest BCUT2D eigenvalue weighted by molar-refractivity contribution is 0.0634. The molecule has 0 spiro atoms. The second kappa shape index (κ2) is 4.31. The molecular weight excluding hydrogens is 248 g/mol. The molecule has 1 saturated heterocycles. The van der Waals surface area contributed by atoms with Crippen LogP contribution in [-0.4, -0.2) is 34.8 Å². The van der Waals surface area contributed by atoms with Crippen molar-refractivity contribution in [1.29, 1.82) is 0 Å². The molecule has 94 valence electrons. The van der Waals surface area contributed by atoms with Gasteiger partial charge in [-0.15, -0.1) is 0 Å². The van der Waals surface area contributed by atoms with Crippen molar-refractivity contribution in [2.24, 2.45) is 5.92 Å². The number of hydrogen-bond donors (Lipinski definition) is 1. The van der Waals surface area contributed by atoms with Gasteiger partial charge in [0.15, 0.2) is 0 Å². The van der Waals surface area contributed by atoms with Gasteiger partial charge in [-0.25, -0.2) is 0 Å². The first-order valence-corrected chi connectivity index (χ1v) is 7.16. The molecule has 0 radical (unpaired) electrons. The number of carbonyl (C=O) groups is 2. The largest absolute Gasteiger partial charge is 0.398 e. The summed E-state index contributed by atoms with van der Waals surface area (Å²) in [7, 11) is 0. The van der Waals surface area contributed by atoms with Crippen LogP contribution in [0, 0.1) is 5.92 Å². The average Bonchev–Trinajstić information content (AvgIpc) is 2.94. The van der Waals surface area contributed by atoms with Crippen molar-refractivity contribution < 1.29 is 9.59 Å². The number of nitrogens with two attached hydrogens (primary N) is 1. The Morgan fingerprint density at radius 2 is 2.17 bits per heavy atom. The van der Waals surface area contributed by atoms with Crippen molar-refractivity contribution >= 4 is 29.3 Å². The number of hydrogen-bond acceptors (Lipinski definition) is 4. The van der Waals surface area contributed by atoms with Crippen LogP contribution in [0.2, 0.25) is 0 Å². The number of benzene rings is 1. The molecular formula is C13H14N2O2S. The van der Waals surface area contributed by atoms with Gasteiger partial charge in [0.25, 0.3) is 11.8 Å². The molecule has 5 heteroatoms. The van der Waals surface area contributed by atoms with Gasteiger partial charge >= 0.3 is 0 Å². The molecule has 1 aromatic rings. The van der Waals surface area contributed by atoms with Crippen LogP contribution in [0.3, 0.4) is 0 Å². The maximum absolute atomic E-state index is 12.2. The lowest BCUT2D eigenvalue weighted by Crippen LogP contribution is -2.34. The fourth-order valence-corrected chi connectivity index (χ4v) is 3.78. The molecule has 0 bridgehead atoms. The van der Waals surface area contributed by atoms with E-state index in [1.807, 2.05) is 11.8 Å². The Morgan fingerprint density at radius 3 is 2.83 bits per heavy atom. The molecule has 1 atom stereocenters. The van der Waals surface area contributed by atoms with E-state index in [2.05, 4.69) is 0 Å². The van der Waals surface area contributed by atoms with Crippen molar-refractivity contribution in [3.05, 3.63) is 29.3 Å². The smallest absolute Gasteiger partial charge is 0.263 e. The molecule has 2 N–H and O–H groups in total. The lowest BCUT2D eigenvalue weighted by atomic mass is 10.1. The summed E-state index contributed by atoms with van der Waals surface area (Å²) in [6, 6.07) is 5.06. The monoisotopic (exact) mass is 262 g/mol. The van der Waals surface area contributed by atoms with E-state index >= 15 is 0 Å². The van der Waals surface area contributed by atoms with Gasteiger partial charge in [-0.3, -0.25) is 14.5 Å². The van der Waals surface area contributed by atoms with Crippen LogP contribution >= 0.6 is 11.8 Å². The highest BCUT2D eigenvalue weighted by molar-refractivity contribution is 7.99. The molecule has 2 amide bonds. The first-order chi connectivity index (χ1) is 8.68. The number of fused-ring (bicyclic) bond motifs is 1. The Hall–Kier alpha value is -1.49. The Kier molecular flexibility index (Phi) is 2.78. The van der Waals surface area contributed by atoms with Crippen LogP contribution in [0.4, 0.5) is 5.69 Å². The van der Waals surface area contributed by atoms with Crippen LogP contribution in [0.1, 0.15) is 27.1 Å². The van der Waals surface area contributed by atoms with Gasteiger partial charge in [-0.1, -0.05) is 6.07 Å². The van der Waals surface area contributed by atoms with Gasteiger partial charge in [0.05, 0.1) is 11.1 Å². The molecule has 0 aliphatic carbocycles. The number of anilines is 1. The highest BCUT2D eigenvalue weighted by Crippen LogP contribution is 2.31. The first-order valence-electron chi connectivity index (χ1n) is 6.01. The molecule has 2 heterocycles. The second-order valence-electron chi connectivity index (χ2n) is 4.72. The van der Waals surface area contributed by atoms with Crippen molar-refractivity contribution in [3.63, 3.8) is 0 Å². The molecule has 2 aliphatic rings. The average molecular weight is 262 g/mol. The summed E-state index contributed by atoms with van der Waals surface area (Å²) in [5.41, 5.74) is 7.02. The number of carbonyl (C=O) groups excluding carboxylic acids is 2. The normalized spacial score (nSPS) is 22.7. The van der Waals surface area contributed by atoms with Gasteiger partial charge in [-0.2, -0.15) is 11.8 Å². The molecule has 1 unspecified atom stereocenters. The third kappa shape index (κ3) is 1.70. The quantitative estimate of drug-likeness (QED) is 0.650. The lowest BCUT2D eigenvalue weighted by Gasteiger charge is -2.17. The molecule has 2 aliphatic heterocycles. The zero-order valence-electron chi connectivity index (χ0n) is 9.89. The van der Waals surface area contributed by atoms with E-state index in [1.165, 1.54) is 4.90 Å². The molecule has 3 rings (SSSR count). The first kappa shape index (κ1) is 11.6. The van der Waals surface area contributed by atoms with E-state index in [-0.39, 0.29) is 11.8 Å².